The van der Waals surface area contributed by atoms with E-state index in [0.717, 1.165) is 53.5 Å². The molecule has 0 atom stereocenters. The van der Waals surface area contributed by atoms with Crippen LogP contribution in [0.4, 0.5) is 0 Å². The van der Waals surface area contributed by atoms with Crippen LogP contribution in [0, 0.1) is 6.92 Å². The molecule has 0 N–H and O–H groups in total. The van der Waals surface area contributed by atoms with Crippen LogP contribution in [0.5, 0.6) is 0 Å². The first kappa shape index (κ1) is 16.6. The molecule has 1 fully saturated rings. The summed E-state index contributed by atoms with van der Waals surface area (Å²) >= 11 is 0. The van der Waals surface area contributed by atoms with Gasteiger partial charge in [0.15, 0.2) is 6.20 Å². The summed E-state index contributed by atoms with van der Waals surface area (Å²) in [7, 11) is 2.09. The van der Waals surface area contributed by atoms with E-state index in [2.05, 4.69) is 85.4 Å². The SMILES string of the molecule is [2H]C1(c2cc[n+](C)c(-c3cc4c(cc3C)oc3ccc5ccccc5c34)c2)CCCC1. The quantitative estimate of drug-likeness (QED) is 0.290. The van der Waals surface area contributed by atoms with Crippen molar-refractivity contribution in [2.24, 2.45) is 7.05 Å². The number of benzene rings is 3. The second-order valence-corrected chi connectivity index (χ2v) is 8.65. The zero-order valence-electron chi connectivity index (χ0n) is 18.5. The molecule has 6 rings (SSSR count). The molecular formula is C28H26NO+. The molecule has 0 bridgehead atoms. The lowest BCUT2D eigenvalue weighted by molar-refractivity contribution is -0.660. The van der Waals surface area contributed by atoms with Crippen LogP contribution in [-0.2, 0) is 7.05 Å². The molecule has 2 aromatic heterocycles. The Morgan fingerprint density at radius 1 is 0.933 bits per heavy atom. The van der Waals surface area contributed by atoms with Gasteiger partial charge in [-0.1, -0.05) is 43.2 Å². The Labute approximate surface area is 178 Å². The molecule has 2 heterocycles. The van der Waals surface area contributed by atoms with Crippen LogP contribution in [-0.4, -0.2) is 0 Å². The Balaban J connectivity index is 1.62. The molecular weight excluding hydrogens is 366 g/mol. The van der Waals surface area contributed by atoms with Crippen LogP contribution in [0.25, 0.3) is 44.0 Å². The number of fused-ring (bicyclic) bond motifs is 5. The lowest BCUT2D eigenvalue weighted by atomic mass is 9.94. The average molecular weight is 394 g/mol. The van der Waals surface area contributed by atoms with Gasteiger partial charge < -0.3 is 4.42 Å². The highest BCUT2D eigenvalue weighted by Crippen LogP contribution is 2.39. The zero-order valence-corrected chi connectivity index (χ0v) is 17.5. The third-order valence-electron chi connectivity index (χ3n) is 6.75. The first-order valence-electron chi connectivity index (χ1n) is 11.4. The highest BCUT2D eigenvalue weighted by molar-refractivity contribution is 6.19. The molecule has 0 spiro atoms. The largest absolute Gasteiger partial charge is 0.456 e. The van der Waals surface area contributed by atoms with Gasteiger partial charge in [0.25, 0.3) is 0 Å². The summed E-state index contributed by atoms with van der Waals surface area (Å²) in [6, 6.07) is 21.5. The maximum Gasteiger partial charge on any atom is 0.212 e. The highest BCUT2D eigenvalue weighted by Gasteiger charge is 2.22. The highest BCUT2D eigenvalue weighted by atomic mass is 16.3. The molecule has 1 aliphatic carbocycles. The summed E-state index contributed by atoms with van der Waals surface area (Å²) in [4.78, 5) is 0. The van der Waals surface area contributed by atoms with E-state index in [1.165, 1.54) is 27.3 Å². The van der Waals surface area contributed by atoms with E-state index in [1.807, 2.05) is 0 Å². The maximum atomic E-state index is 8.99. The summed E-state index contributed by atoms with van der Waals surface area (Å²) in [6.07, 6.45) is 6.33. The van der Waals surface area contributed by atoms with E-state index < -0.39 is 5.89 Å². The molecule has 1 saturated carbocycles. The Hall–Kier alpha value is -3.13. The Kier molecular flexibility index (Phi) is 3.72. The van der Waals surface area contributed by atoms with Crippen LogP contribution >= 0.6 is 0 Å². The van der Waals surface area contributed by atoms with Gasteiger partial charge in [-0.3, -0.25) is 0 Å². The van der Waals surface area contributed by atoms with Crippen LogP contribution in [0.1, 0.15) is 44.1 Å². The fourth-order valence-electron chi connectivity index (χ4n) is 5.12. The summed E-state index contributed by atoms with van der Waals surface area (Å²) in [5.74, 6) is -0.445. The maximum absolute atomic E-state index is 8.99. The first-order chi connectivity index (χ1) is 15.0. The van der Waals surface area contributed by atoms with Gasteiger partial charge in [-0.2, -0.15) is 0 Å². The summed E-state index contributed by atoms with van der Waals surface area (Å²) < 4.78 is 17.4. The minimum absolute atomic E-state index is 0.445. The second kappa shape index (κ2) is 6.70. The lowest BCUT2D eigenvalue weighted by Gasteiger charge is -2.11. The number of aromatic nitrogens is 1. The molecule has 0 amide bonds. The van der Waals surface area contributed by atoms with Gasteiger partial charge in [0.1, 0.15) is 18.2 Å². The molecule has 1 aliphatic rings. The van der Waals surface area contributed by atoms with Crippen molar-refractivity contribution in [3.8, 4) is 11.3 Å². The summed E-state index contributed by atoms with van der Waals surface area (Å²) in [5.41, 5.74) is 6.55. The van der Waals surface area contributed by atoms with Gasteiger partial charge in [-0.05, 0) is 65.8 Å². The normalized spacial score (nSPS) is 16.5. The molecule has 5 aromatic rings. The molecule has 0 aliphatic heterocycles. The van der Waals surface area contributed by atoms with Gasteiger partial charge >= 0.3 is 0 Å². The minimum atomic E-state index is -0.445. The van der Waals surface area contributed by atoms with Crippen LogP contribution < -0.4 is 4.57 Å². The van der Waals surface area contributed by atoms with E-state index in [1.54, 1.807) is 0 Å². The zero-order chi connectivity index (χ0) is 21.2. The number of pyridine rings is 1. The molecule has 30 heavy (non-hydrogen) atoms. The molecule has 0 radical (unpaired) electrons. The minimum Gasteiger partial charge on any atom is -0.456 e. The summed E-state index contributed by atoms with van der Waals surface area (Å²) in [6.45, 7) is 2.15. The fourth-order valence-corrected chi connectivity index (χ4v) is 5.12. The number of nitrogens with zero attached hydrogens (tertiary/aromatic N) is 1. The first-order valence-corrected chi connectivity index (χ1v) is 10.9. The topological polar surface area (TPSA) is 17.0 Å². The van der Waals surface area contributed by atoms with E-state index >= 15 is 0 Å². The molecule has 2 nitrogen and oxygen atoms in total. The van der Waals surface area contributed by atoms with Crippen molar-refractivity contribution in [3.63, 3.8) is 0 Å². The van der Waals surface area contributed by atoms with Crippen molar-refractivity contribution >= 4 is 32.7 Å². The van der Waals surface area contributed by atoms with Crippen molar-refractivity contribution in [2.75, 3.05) is 0 Å². The van der Waals surface area contributed by atoms with E-state index in [9.17, 15) is 0 Å². The van der Waals surface area contributed by atoms with E-state index in [4.69, 9.17) is 5.79 Å². The molecule has 2 heteroatoms. The van der Waals surface area contributed by atoms with Gasteiger partial charge in [0.2, 0.25) is 5.69 Å². The van der Waals surface area contributed by atoms with Crippen molar-refractivity contribution < 1.29 is 10.4 Å². The Bertz CT molecular complexity index is 1470. The molecule has 3 aromatic carbocycles. The molecule has 148 valence electrons. The van der Waals surface area contributed by atoms with Crippen LogP contribution in [0.2, 0.25) is 0 Å². The van der Waals surface area contributed by atoms with E-state index in [0.29, 0.717) is 0 Å². The lowest BCUT2D eigenvalue weighted by Crippen LogP contribution is -2.31. The van der Waals surface area contributed by atoms with Gasteiger partial charge in [0, 0.05) is 29.8 Å². The van der Waals surface area contributed by atoms with Crippen molar-refractivity contribution in [2.45, 2.75) is 38.5 Å². The average Bonchev–Trinajstić information content (AvgIpc) is 3.37. The standard InChI is InChI=1S/C28H26NO/c1-18-15-27-24(28-22-10-6-5-9-20(22)11-12-26(28)30-27)17-23(18)25-16-21(13-14-29(25)2)19-7-3-4-8-19/h5-6,9-17,19H,3-4,7-8H2,1-2H3/q+1/i19D. The number of hydrogen-bond donors (Lipinski definition) is 0. The number of furan rings is 1. The van der Waals surface area contributed by atoms with Gasteiger partial charge in [0.05, 0.1) is 0 Å². The van der Waals surface area contributed by atoms with Crippen molar-refractivity contribution in [1.29, 1.82) is 0 Å². The van der Waals surface area contributed by atoms with Crippen LogP contribution in [0.15, 0.2) is 71.3 Å². The third kappa shape index (κ3) is 2.67. The van der Waals surface area contributed by atoms with Gasteiger partial charge in [-0.15, -0.1) is 0 Å². The second-order valence-electron chi connectivity index (χ2n) is 8.65. The van der Waals surface area contributed by atoms with Crippen molar-refractivity contribution in [1.82, 2.24) is 0 Å². The smallest absolute Gasteiger partial charge is 0.212 e. The van der Waals surface area contributed by atoms with Gasteiger partial charge in [-0.25, -0.2) is 4.57 Å². The van der Waals surface area contributed by atoms with E-state index in [-0.39, 0.29) is 0 Å². The number of aryl methyl sites for hydroxylation is 2. The van der Waals surface area contributed by atoms with Crippen LogP contribution in [0.3, 0.4) is 0 Å². The monoisotopic (exact) mass is 393 g/mol. The Morgan fingerprint density at radius 3 is 2.63 bits per heavy atom. The Morgan fingerprint density at radius 2 is 1.77 bits per heavy atom. The summed E-state index contributed by atoms with van der Waals surface area (Å²) in [5, 5.41) is 4.78. The molecule has 0 unspecified atom stereocenters. The number of rotatable bonds is 2. The molecule has 0 saturated heterocycles. The van der Waals surface area contributed by atoms with Crippen molar-refractivity contribution in [3.05, 3.63) is 78.0 Å². The number of hydrogen-bond acceptors (Lipinski definition) is 1. The predicted octanol–water partition coefficient (Wildman–Crippen LogP) is 7.20. The fraction of sp³-hybridized carbons (Fsp3) is 0.250. The third-order valence-corrected chi connectivity index (χ3v) is 6.75. The predicted molar refractivity (Wildman–Crippen MR) is 124 cm³/mol.